The van der Waals surface area contributed by atoms with E-state index in [1.54, 1.807) is 24.3 Å². The second kappa shape index (κ2) is 13.9. The topological polar surface area (TPSA) is 109 Å². The maximum Gasteiger partial charge on any atom is 0.257 e. The highest BCUT2D eigenvalue weighted by Crippen LogP contribution is 2.11. The van der Waals surface area contributed by atoms with Crippen molar-refractivity contribution < 1.29 is 19.1 Å². The van der Waals surface area contributed by atoms with Crippen molar-refractivity contribution in [2.24, 2.45) is 5.10 Å². The molecular weight excluding hydrogens is 444 g/mol. The van der Waals surface area contributed by atoms with E-state index in [0.29, 0.717) is 18.8 Å². The third-order valence-electron chi connectivity index (χ3n) is 4.89. The van der Waals surface area contributed by atoms with E-state index in [2.05, 4.69) is 21.2 Å². The quantitative estimate of drug-likeness (QED) is 0.214. The average Bonchev–Trinajstić information content (AvgIpc) is 2.88. The summed E-state index contributed by atoms with van der Waals surface area (Å²) in [6.07, 6.45) is 1.90. The molecule has 0 saturated heterocycles. The molecule has 0 bridgehead atoms. The van der Waals surface area contributed by atoms with Crippen LogP contribution in [-0.4, -0.2) is 37.1 Å². The molecule has 0 saturated carbocycles. The summed E-state index contributed by atoms with van der Waals surface area (Å²) in [5.41, 5.74) is 5.17. The Kier molecular flexibility index (Phi) is 10.0. The molecule has 0 aliphatic carbocycles. The Hall–Kier alpha value is -4.46. The van der Waals surface area contributed by atoms with Gasteiger partial charge in [-0.1, -0.05) is 60.7 Å². The van der Waals surface area contributed by atoms with Gasteiger partial charge in [-0.3, -0.25) is 14.4 Å². The smallest absolute Gasteiger partial charge is 0.257 e. The Morgan fingerprint density at radius 1 is 0.743 bits per heavy atom. The zero-order chi connectivity index (χ0) is 24.7. The van der Waals surface area contributed by atoms with Crippen LogP contribution in [0.5, 0.6) is 5.75 Å². The van der Waals surface area contributed by atoms with Gasteiger partial charge in [0.15, 0.2) is 6.61 Å². The lowest BCUT2D eigenvalue weighted by Crippen LogP contribution is -2.30. The molecule has 0 atom stereocenters. The predicted octanol–water partition coefficient (Wildman–Crippen LogP) is 2.58. The second-order valence-electron chi connectivity index (χ2n) is 7.68. The molecule has 0 unspecified atom stereocenters. The highest BCUT2D eigenvalue weighted by molar-refractivity contribution is 5.97. The van der Waals surface area contributed by atoms with Gasteiger partial charge in [0, 0.05) is 13.1 Å². The average molecular weight is 473 g/mol. The minimum absolute atomic E-state index is 0.0788. The van der Waals surface area contributed by atoms with Gasteiger partial charge in [-0.2, -0.15) is 5.10 Å². The number of nitrogens with zero attached hydrogens (tertiary/aromatic N) is 1. The SMILES string of the molecule is O=C(COc1ccc(/C=N/NC(=O)CC(=O)NCc2ccccc2)cc1)NCCc1ccccc1. The van der Waals surface area contributed by atoms with Gasteiger partial charge in [-0.25, -0.2) is 5.43 Å². The minimum Gasteiger partial charge on any atom is -0.484 e. The van der Waals surface area contributed by atoms with Crippen molar-refractivity contribution in [1.29, 1.82) is 0 Å². The van der Waals surface area contributed by atoms with Crippen LogP contribution < -0.4 is 20.8 Å². The summed E-state index contributed by atoms with van der Waals surface area (Å²) in [4.78, 5) is 35.7. The van der Waals surface area contributed by atoms with Crippen molar-refractivity contribution in [3.8, 4) is 5.75 Å². The lowest BCUT2D eigenvalue weighted by molar-refractivity contribution is -0.129. The van der Waals surface area contributed by atoms with Crippen LogP contribution in [0.15, 0.2) is 90.0 Å². The van der Waals surface area contributed by atoms with Crippen LogP contribution >= 0.6 is 0 Å². The van der Waals surface area contributed by atoms with Crippen molar-refractivity contribution >= 4 is 23.9 Å². The number of nitrogens with one attached hydrogen (secondary N) is 3. The molecule has 0 aliphatic heterocycles. The Balaban J connectivity index is 1.31. The molecule has 3 amide bonds. The second-order valence-corrected chi connectivity index (χ2v) is 7.68. The summed E-state index contributed by atoms with van der Waals surface area (Å²) in [6, 6.07) is 26.3. The Labute approximate surface area is 204 Å². The third kappa shape index (κ3) is 9.91. The van der Waals surface area contributed by atoms with E-state index < -0.39 is 5.91 Å². The fraction of sp³-hybridized carbons (Fsp3) is 0.185. The number of ether oxygens (including phenoxy) is 1. The van der Waals surface area contributed by atoms with E-state index in [0.717, 1.165) is 23.1 Å². The molecule has 0 heterocycles. The molecular formula is C27H28N4O4. The van der Waals surface area contributed by atoms with Gasteiger partial charge in [0.25, 0.3) is 5.91 Å². The molecule has 3 aromatic rings. The van der Waals surface area contributed by atoms with Crippen molar-refractivity contribution in [2.75, 3.05) is 13.2 Å². The molecule has 0 aromatic heterocycles. The molecule has 8 nitrogen and oxygen atoms in total. The summed E-state index contributed by atoms with van der Waals surface area (Å²) >= 11 is 0. The summed E-state index contributed by atoms with van der Waals surface area (Å²) in [5, 5.41) is 9.38. The number of benzene rings is 3. The number of rotatable bonds is 12. The first kappa shape index (κ1) is 25.2. The summed E-state index contributed by atoms with van der Waals surface area (Å²) in [5.74, 6) is -0.543. The molecule has 0 radical (unpaired) electrons. The molecule has 0 fully saturated rings. The van der Waals surface area contributed by atoms with Gasteiger partial charge in [0.1, 0.15) is 12.2 Å². The van der Waals surface area contributed by atoms with Crippen molar-refractivity contribution in [2.45, 2.75) is 19.4 Å². The van der Waals surface area contributed by atoms with Crippen LogP contribution in [0.2, 0.25) is 0 Å². The number of hydrogen-bond acceptors (Lipinski definition) is 5. The Morgan fingerprint density at radius 3 is 2.09 bits per heavy atom. The van der Waals surface area contributed by atoms with Crippen LogP contribution in [-0.2, 0) is 27.3 Å². The molecule has 35 heavy (non-hydrogen) atoms. The summed E-state index contributed by atoms with van der Waals surface area (Å²) < 4.78 is 5.50. The highest BCUT2D eigenvalue weighted by Gasteiger charge is 2.08. The first-order valence-corrected chi connectivity index (χ1v) is 11.2. The monoisotopic (exact) mass is 472 g/mol. The number of carbonyl (C=O) groups is 3. The van der Waals surface area contributed by atoms with Crippen molar-refractivity contribution in [3.63, 3.8) is 0 Å². The zero-order valence-corrected chi connectivity index (χ0v) is 19.3. The van der Waals surface area contributed by atoms with E-state index in [1.807, 2.05) is 60.7 Å². The third-order valence-corrected chi connectivity index (χ3v) is 4.89. The number of hydrazone groups is 1. The standard InChI is InChI=1S/C27H28N4O4/c32-25(29-18-22-9-5-2-6-10-22)17-26(33)31-30-19-23-11-13-24(14-12-23)35-20-27(34)28-16-15-21-7-3-1-4-8-21/h1-14,19H,15-18,20H2,(H,28,34)(H,29,32)(H,31,33)/b30-19+. The number of hydrogen-bond donors (Lipinski definition) is 3. The number of amides is 3. The van der Waals surface area contributed by atoms with E-state index >= 15 is 0 Å². The Morgan fingerprint density at radius 2 is 1.40 bits per heavy atom. The van der Waals surface area contributed by atoms with E-state index in [4.69, 9.17) is 4.74 Å². The molecule has 3 N–H and O–H groups in total. The van der Waals surface area contributed by atoms with Gasteiger partial charge >= 0.3 is 0 Å². The van der Waals surface area contributed by atoms with Crippen LogP contribution in [0, 0.1) is 0 Å². The maximum absolute atomic E-state index is 11.9. The van der Waals surface area contributed by atoms with Crippen molar-refractivity contribution in [1.82, 2.24) is 16.1 Å². The summed E-state index contributed by atoms with van der Waals surface area (Å²) in [6.45, 7) is 0.826. The predicted molar refractivity (Wildman–Crippen MR) is 134 cm³/mol. The highest BCUT2D eigenvalue weighted by atomic mass is 16.5. The van der Waals surface area contributed by atoms with E-state index in [1.165, 1.54) is 6.21 Å². The fourth-order valence-corrected chi connectivity index (χ4v) is 3.06. The lowest BCUT2D eigenvalue weighted by Gasteiger charge is -2.08. The molecule has 180 valence electrons. The molecule has 0 spiro atoms. The Bertz CT molecular complexity index is 1120. The first-order chi connectivity index (χ1) is 17.1. The zero-order valence-electron chi connectivity index (χ0n) is 19.3. The molecule has 3 rings (SSSR count). The minimum atomic E-state index is -0.509. The maximum atomic E-state index is 11.9. The van der Waals surface area contributed by atoms with Crippen molar-refractivity contribution in [3.05, 3.63) is 102 Å². The van der Waals surface area contributed by atoms with E-state index in [-0.39, 0.29) is 24.8 Å². The normalized spacial score (nSPS) is 10.5. The molecule has 8 heteroatoms. The van der Waals surface area contributed by atoms with Crippen LogP contribution in [0.25, 0.3) is 0 Å². The van der Waals surface area contributed by atoms with Crippen LogP contribution in [0.1, 0.15) is 23.1 Å². The van der Waals surface area contributed by atoms with E-state index in [9.17, 15) is 14.4 Å². The largest absolute Gasteiger partial charge is 0.484 e. The fourth-order valence-electron chi connectivity index (χ4n) is 3.06. The van der Waals surface area contributed by atoms with Crippen LogP contribution in [0.3, 0.4) is 0 Å². The molecule has 0 aliphatic rings. The van der Waals surface area contributed by atoms with Gasteiger partial charge < -0.3 is 15.4 Å². The summed E-state index contributed by atoms with van der Waals surface area (Å²) in [7, 11) is 0. The van der Waals surface area contributed by atoms with Gasteiger partial charge in [0.05, 0.1) is 6.21 Å². The van der Waals surface area contributed by atoms with Gasteiger partial charge in [0.2, 0.25) is 11.8 Å². The van der Waals surface area contributed by atoms with Gasteiger partial charge in [-0.15, -0.1) is 0 Å². The van der Waals surface area contributed by atoms with Crippen LogP contribution in [0.4, 0.5) is 0 Å². The first-order valence-electron chi connectivity index (χ1n) is 11.2. The lowest BCUT2D eigenvalue weighted by atomic mass is 10.1. The molecule has 3 aromatic carbocycles. The van der Waals surface area contributed by atoms with Gasteiger partial charge in [-0.05, 0) is 47.4 Å². The number of carbonyl (C=O) groups excluding carboxylic acids is 3.